The molecule has 0 atom stereocenters. The van der Waals surface area contributed by atoms with E-state index in [2.05, 4.69) is 36.7 Å². The number of ketones is 1. The van der Waals surface area contributed by atoms with Crippen LogP contribution in [0.2, 0.25) is 0 Å². The number of rotatable bonds is 3. The van der Waals surface area contributed by atoms with Crippen LogP contribution >= 0.6 is 0 Å². The molecule has 9 heteroatoms. The smallest absolute Gasteiger partial charge is 0.231 e. The molecule has 32 heavy (non-hydrogen) atoms. The molecule has 3 aromatic heterocycles. The Labute approximate surface area is 186 Å². The van der Waals surface area contributed by atoms with Crippen molar-refractivity contribution < 1.29 is 4.79 Å². The van der Waals surface area contributed by atoms with Crippen molar-refractivity contribution in [3.8, 4) is 0 Å². The van der Waals surface area contributed by atoms with E-state index in [9.17, 15) is 4.79 Å². The average molecular weight is 433 g/mol. The second kappa shape index (κ2) is 7.81. The highest BCUT2D eigenvalue weighted by Gasteiger charge is 2.44. The molecule has 0 amide bonds. The van der Waals surface area contributed by atoms with Crippen LogP contribution in [0.25, 0.3) is 5.65 Å². The van der Waals surface area contributed by atoms with Crippen LogP contribution in [0.1, 0.15) is 61.0 Å². The number of hydrogen-bond donors (Lipinski definition) is 2. The minimum absolute atomic E-state index is 0.0259. The molecule has 9 nitrogen and oxygen atoms in total. The van der Waals surface area contributed by atoms with E-state index in [1.54, 1.807) is 10.8 Å². The lowest BCUT2D eigenvalue weighted by Crippen LogP contribution is -2.43. The van der Waals surface area contributed by atoms with Crippen LogP contribution in [-0.2, 0) is 5.41 Å². The standard InChI is InChI=1S/C23H28N8O/c32-17-6-9-23(7-2-1-3-8-23)19-20(17)29-31-15-26-22(28-21(19)31)27-18-5-4-16(14-25-18)30-12-10-24-11-13-30/h4-5,14-15,24H,1-3,6-13H2,(H,25,27,28). The summed E-state index contributed by atoms with van der Waals surface area (Å²) in [6.45, 7) is 3.96. The van der Waals surface area contributed by atoms with Gasteiger partial charge in [-0.3, -0.25) is 4.79 Å². The van der Waals surface area contributed by atoms with Crippen LogP contribution in [-0.4, -0.2) is 56.5 Å². The second-order valence-electron chi connectivity index (χ2n) is 9.20. The number of fused-ring (bicyclic) bond motifs is 4. The second-order valence-corrected chi connectivity index (χ2v) is 9.20. The van der Waals surface area contributed by atoms with Crippen molar-refractivity contribution in [3.05, 3.63) is 35.9 Å². The zero-order chi connectivity index (χ0) is 21.5. The molecular formula is C23H28N8O. The summed E-state index contributed by atoms with van der Waals surface area (Å²) in [4.78, 5) is 28.8. The molecule has 4 heterocycles. The molecule has 2 N–H and O–H groups in total. The minimum atomic E-state index is 0.0259. The lowest BCUT2D eigenvalue weighted by Gasteiger charge is -2.39. The first-order chi connectivity index (χ1) is 15.7. The van der Waals surface area contributed by atoms with Gasteiger partial charge < -0.3 is 15.5 Å². The first-order valence-corrected chi connectivity index (χ1v) is 11.7. The molecule has 2 aliphatic carbocycles. The zero-order valence-electron chi connectivity index (χ0n) is 18.2. The molecule has 166 valence electrons. The van der Waals surface area contributed by atoms with E-state index in [4.69, 9.17) is 4.98 Å². The third kappa shape index (κ3) is 3.31. The summed E-state index contributed by atoms with van der Waals surface area (Å²) in [6, 6.07) is 4.04. The van der Waals surface area contributed by atoms with Crippen LogP contribution in [0.5, 0.6) is 0 Å². The number of nitrogens with zero attached hydrogens (tertiary/aromatic N) is 6. The first kappa shape index (κ1) is 19.6. The molecule has 1 aliphatic heterocycles. The Hall–Kier alpha value is -3.07. The summed E-state index contributed by atoms with van der Waals surface area (Å²) in [5, 5.41) is 11.2. The van der Waals surface area contributed by atoms with Crippen molar-refractivity contribution in [1.82, 2.24) is 29.9 Å². The van der Waals surface area contributed by atoms with Crippen LogP contribution in [0, 0.1) is 0 Å². The van der Waals surface area contributed by atoms with Crippen molar-refractivity contribution >= 4 is 28.9 Å². The lowest BCUT2D eigenvalue weighted by atomic mass is 9.63. The molecule has 3 aliphatic rings. The van der Waals surface area contributed by atoms with Crippen LogP contribution in [0.4, 0.5) is 17.5 Å². The van der Waals surface area contributed by atoms with Gasteiger partial charge in [0.1, 0.15) is 17.8 Å². The van der Waals surface area contributed by atoms with Gasteiger partial charge in [0, 0.05) is 43.6 Å². The van der Waals surface area contributed by atoms with Crippen LogP contribution in [0.15, 0.2) is 24.7 Å². The summed E-state index contributed by atoms with van der Waals surface area (Å²) in [7, 11) is 0. The van der Waals surface area contributed by atoms with Gasteiger partial charge in [-0.05, 0) is 31.4 Å². The number of carbonyl (C=O) groups excluding carboxylic acids is 1. The predicted octanol–water partition coefficient (Wildman–Crippen LogP) is 2.85. The van der Waals surface area contributed by atoms with Gasteiger partial charge in [0.15, 0.2) is 11.4 Å². The van der Waals surface area contributed by atoms with E-state index in [-0.39, 0.29) is 11.2 Å². The average Bonchev–Trinajstić information content (AvgIpc) is 3.24. The maximum absolute atomic E-state index is 12.7. The summed E-state index contributed by atoms with van der Waals surface area (Å²) in [5.74, 6) is 1.30. The largest absolute Gasteiger partial charge is 0.368 e. The third-order valence-corrected chi connectivity index (χ3v) is 7.29. The summed E-state index contributed by atoms with van der Waals surface area (Å²) >= 11 is 0. The molecule has 0 radical (unpaired) electrons. The normalized spacial score (nSPS) is 20.5. The molecule has 3 aromatic rings. The Morgan fingerprint density at radius 2 is 1.88 bits per heavy atom. The molecule has 1 saturated heterocycles. The Balaban J connectivity index is 1.31. The van der Waals surface area contributed by atoms with E-state index < -0.39 is 0 Å². The van der Waals surface area contributed by atoms with Crippen molar-refractivity contribution in [2.24, 2.45) is 0 Å². The SMILES string of the molecule is O=C1CCC2(CCCCC2)c2c1nn1cnc(Nc3ccc(N4CCNCC4)cn3)nc21. The Bertz CT molecular complexity index is 1140. The molecule has 1 saturated carbocycles. The van der Waals surface area contributed by atoms with Crippen molar-refractivity contribution in [2.75, 3.05) is 36.4 Å². The van der Waals surface area contributed by atoms with Gasteiger partial charge in [-0.1, -0.05) is 19.3 Å². The van der Waals surface area contributed by atoms with Gasteiger partial charge in [0.2, 0.25) is 5.95 Å². The van der Waals surface area contributed by atoms with Gasteiger partial charge in [0.05, 0.1) is 11.9 Å². The van der Waals surface area contributed by atoms with Crippen LogP contribution in [0.3, 0.4) is 0 Å². The monoisotopic (exact) mass is 432 g/mol. The number of piperazine rings is 1. The molecule has 0 unspecified atom stereocenters. The Morgan fingerprint density at radius 3 is 2.66 bits per heavy atom. The fourth-order valence-corrected chi connectivity index (χ4v) is 5.60. The Morgan fingerprint density at radius 1 is 1.03 bits per heavy atom. The minimum Gasteiger partial charge on any atom is -0.368 e. The first-order valence-electron chi connectivity index (χ1n) is 11.7. The van der Waals surface area contributed by atoms with Gasteiger partial charge in [0.25, 0.3) is 0 Å². The molecule has 1 spiro atoms. The number of Topliss-reactive ketones (excluding diaryl/α,β-unsaturated/α-hetero) is 1. The number of pyridine rings is 1. The highest BCUT2D eigenvalue weighted by molar-refractivity contribution is 5.99. The van der Waals surface area contributed by atoms with Gasteiger partial charge in [-0.2, -0.15) is 10.1 Å². The van der Waals surface area contributed by atoms with E-state index in [0.717, 1.165) is 62.3 Å². The molecule has 0 aromatic carbocycles. The number of carbonyl (C=O) groups is 1. The number of anilines is 3. The summed E-state index contributed by atoms with van der Waals surface area (Å²) in [6.07, 6.45) is 10.9. The number of aromatic nitrogens is 5. The highest BCUT2D eigenvalue weighted by atomic mass is 16.1. The Kier molecular flexibility index (Phi) is 4.78. The van der Waals surface area contributed by atoms with Gasteiger partial charge in [-0.25, -0.2) is 14.5 Å². The van der Waals surface area contributed by atoms with Crippen molar-refractivity contribution in [2.45, 2.75) is 50.4 Å². The molecule has 0 bridgehead atoms. The van der Waals surface area contributed by atoms with Gasteiger partial charge >= 0.3 is 0 Å². The molecule has 2 fully saturated rings. The zero-order valence-corrected chi connectivity index (χ0v) is 18.2. The van der Waals surface area contributed by atoms with E-state index in [1.165, 1.54) is 19.3 Å². The van der Waals surface area contributed by atoms with E-state index in [0.29, 0.717) is 23.9 Å². The topological polar surface area (TPSA) is 100 Å². The fraction of sp³-hybridized carbons (Fsp3) is 0.522. The quantitative estimate of drug-likeness (QED) is 0.652. The summed E-state index contributed by atoms with van der Waals surface area (Å²) < 4.78 is 1.68. The highest BCUT2D eigenvalue weighted by Crippen LogP contribution is 2.48. The van der Waals surface area contributed by atoms with Gasteiger partial charge in [-0.15, -0.1) is 0 Å². The van der Waals surface area contributed by atoms with E-state index >= 15 is 0 Å². The van der Waals surface area contributed by atoms with Crippen LogP contribution < -0.4 is 15.5 Å². The third-order valence-electron chi connectivity index (χ3n) is 7.29. The molecular weight excluding hydrogens is 404 g/mol. The maximum atomic E-state index is 12.7. The fourth-order valence-electron chi connectivity index (χ4n) is 5.60. The number of hydrogen-bond acceptors (Lipinski definition) is 8. The number of nitrogens with one attached hydrogen (secondary N) is 2. The van der Waals surface area contributed by atoms with Crippen molar-refractivity contribution in [1.29, 1.82) is 0 Å². The maximum Gasteiger partial charge on any atom is 0.231 e. The molecule has 6 rings (SSSR count). The summed E-state index contributed by atoms with van der Waals surface area (Å²) in [5.41, 5.74) is 3.54. The van der Waals surface area contributed by atoms with E-state index in [1.807, 2.05) is 12.3 Å². The predicted molar refractivity (Wildman–Crippen MR) is 122 cm³/mol. The van der Waals surface area contributed by atoms with Crippen molar-refractivity contribution in [3.63, 3.8) is 0 Å². The lowest BCUT2D eigenvalue weighted by molar-refractivity contribution is 0.0934.